The summed E-state index contributed by atoms with van der Waals surface area (Å²) in [6.45, 7) is 1.75. The van der Waals surface area contributed by atoms with Crippen LogP contribution in [-0.4, -0.2) is 16.3 Å². The monoisotopic (exact) mass is 244 g/mol. The molecule has 0 radical (unpaired) electrons. The normalized spacial score (nSPS) is 12.8. The molecule has 0 spiro atoms. The highest BCUT2D eigenvalue weighted by Crippen LogP contribution is 2.23. The van der Waals surface area contributed by atoms with E-state index in [1.54, 1.807) is 19.1 Å². The van der Waals surface area contributed by atoms with E-state index in [2.05, 4.69) is 15.9 Å². The standard InChI is InChI=1S/C10H13BrO2/c1-7(12)2-3-8-6-9(11)4-5-10(8)13/h4-7,12-13H,2-3H2,1H3. The predicted octanol–water partition coefficient (Wildman–Crippen LogP) is 2.47. The first-order valence-corrected chi connectivity index (χ1v) is 5.04. The maximum Gasteiger partial charge on any atom is 0.118 e. The number of aryl methyl sites for hydroxylation is 1. The minimum Gasteiger partial charge on any atom is -0.508 e. The fourth-order valence-corrected chi connectivity index (χ4v) is 1.53. The van der Waals surface area contributed by atoms with Crippen molar-refractivity contribution < 1.29 is 10.2 Å². The van der Waals surface area contributed by atoms with E-state index in [0.717, 1.165) is 10.0 Å². The molecular weight excluding hydrogens is 232 g/mol. The molecule has 1 unspecified atom stereocenters. The van der Waals surface area contributed by atoms with Gasteiger partial charge in [-0.05, 0) is 43.5 Å². The summed E-state index contributed by atoms with van der Waals surface area (Å²) < 4.78 is 0.950. The molecule has 0 fully saturated rings. The molecule has 3 heteroatoms. The van der Waals surface area contributed by atoms with E-state index in [-0.39, 0.29) is 6.10 Å². The summed E-state index contributed by atoms with van der Waals surface area (Å²) in [6.07, 6.45) is 1.05. The molecule has 13 heavy (non-hydrogen) atoms. The second kappa shape index (κ2) is 4.63. The number of aromatic hydroxyl groups is 1. The number of aliphatic hydroxyl groups is 1. The summed E-state index contributed by atoms with van der Waals surface area (Å²) in [5.41, 5.74) is 0.871. The average molecular weight is 245 g/mol. The summed E-state index contributed by atoms with van der Waals surface area (Å²) >= 11 is 3.33. The number of phenolic OH excluding ortho intramolecular Hbond substituents is 1. The van der Waals surface area contributed by atoms with Gasteiger partial charge in [0.15, 0.2) is 0 Å². The highest BCUT2D eigenvalue weighted by molar-refractivity contribution is 9.10. The molecule has 0 saturated carbocycles. The molecular formula is C10H13BrO2. The van der Waals surface area contributed by atoms with Gasteiger partial charge in [-0.25, -0.2) is 0 Å². The summed E-state index contributed by atoms with van der Waals surface area (Å²) in [4.78, 5) is 0. The van der Waals surface area contributed by atoms with Crippen LogP contribution in [0.4, 0.5) is 0 Å². The molecule has 2 N–H and O–H groups in total. The van der Waals surface area contributed by atoms with E-state index in [1.165, 1.54) is 0 Å². The lowest BCUT2D eigenvalue weighted by Gasteiger charge is -2.06. The average Bonchev–Trinajstić information content (AvgIpc) is 2.06. The maximum absolute atomic E-state index is 9.45. The second-order valence-electron chi connectivity index (χ2n) is 3.16. The summed E-state index contributed by atoms with van der Waals surface area (Å²) in [6, 6.07) is 5.32. The Labute approximate surface area is 86.3 Å². The molecule has 0 aliphatic rings. The molecule has 0 aliphatic carbocycles. The van der Waals surface area contributed by atoms with E-state index < -0.39 is 0 Å². The third-order valence-corrected chi connectivity index (χ3v) is 2.37. The smallest absolute Gasteiger partial charge is 0.118 e. The minimum absolute atomic E-state index is 0.295. The van der Waals surface area contributed by atoms with Crippen LogP contribution in [0.25, 0.3) is 0 Å². The molecule has 0 heterocycles. The van der Waals surface area contributed by atoms with Gasteiger partial charge in [0, 0.05) is 4.47 Å². The van der Waals surface area contributed by atoms with Gasteiger partial charge in [0.25, 0.3) is 0 Å². The molecule has 0 saturated heterocycles. The topological polar surface area (TPSA) is 40.5 Å². The predicted molar refractivity (Wildman–Crippen MR) is 55.8 cm³/mol. The Morgan fingerprint density at radius 1 is 1.46 bits per heavy atom. The van der Waals surface area contributed by atoms with E-state index in [4.69, 9.17) is 5.11 Å². The molecule has 1 rings (SSSR count). The number of aliphatic hydroxyl groups excluding tert-OH is 1. The third-order valence-electron chi connectivity index (χ3n) is 1.87. The quantitative estimate of drug-likeness (QED) is 0.858. The first-order chi connectivity index (χ1) is 6.09. The van der Waals surface area contributed by atoms with Crippen molar-refractivity contribution in [3.63, 3.8) is 0 Å². The van der Waals surface area contributed by atoms with Crippen molar-refractivity contribution >= 4 is 15.9 Å². The summed E-state index contributed by atoms with van der Waals surface area (Å²) in [5.74, 6) is 0.295. The molecule has 1 atom stereocenters. The lowest BCUT2D eigenvalue weighted by atomic mass is 10.1. The molecule has 2 nitrogen and oxygen atoms in total. The largest absolute Gasteiger partial charge is 0.508 e. The van der Waals surface area contributed by atoms with Gasteiger partial charge in [0.2, 0.25) is 0 Å². The first kappa shape index (κ1) is 10.5. The van der Waals surface area contributed by atoms with Gasteiger partial charge in [-0.3, -0.25) is 0 Å². The molecule has 0 amide bonds. The van der Waals surface area contributed by atoms with Gasteiger partial charge in [-0.15, -0.1) is 0 Å². The van der Waals surface area contributed by atoms with Crippen molar-refractivity contribution in [3.05, 3.63) is 28.2 Å². The zero-order valence-corrected chi connectivity index (χ0v) is 9.08. The fraction of sp³-hybridized carbons (Fsp3) is 0.400. The van der Waals surface area contributed by atoms with Crippen LogP contribution < -0.4 is 0 Å². The van der Waals surface area contributed by atoms with Crippen molar-refractivity contribution in [1.82, 2.24) is 0 Å². The van der Waals surface area contributed by atoms with Crippen molar-refractivity contribution in [2.75, 3.05) is 0 Å². The van der Waals surface area contributed by atoms with Gasteiger partial charge < -0.3 is 10.2 Å². The molecule has 0 bridgehead atoms. The van der Waals surface area contributed by atoms with Crippen LogP contribution in [0.5, 0.6) is 5.75 Å². The van der Waals surface area contributed by atoms with Gasteiger partial charge >= 0.3 is 0 Å². The Hall–Kier alpha value is -0.540. The van der Waals surface area contributed by atoms with Crippen LogP contribution in [0.15, 0.2) is 22.7 Å². The highest BCUT2D eigenvalue weighted by Gasteiger charge is 2.03. The molecule has 72 valence electrons. The number of rotatable bonds is 3. The molecule has 0 aliphatic heterocycles. The first-order valence-electron chi connectivity index (χ1n) is 4.25. The van der Waals surface area contributed by atoms with Crippen molar-refractivity contribution in [3.8, 4) is 5.75 Å². The fourth-order valence-electron chi connectivity index (χ4n) is 1.12. The van der Waals surface area contributed by atoms with E-state index in [1.807, 2.05) is 6.07 Å². The van der Waals surface area contributed by atoms with Gasteiger partial charge in [0.05, 0.1) is 6.10 Å². The van der Waals surface area contributed by atoms with Crippen LogP contribution in [0.3, 0.4) is 0 Å². The third kappa shape index (κ3) is 3.36. The number of hydrogen-bond donors (Lipinski definition) is 2. The van der Waals surface area contributed by atoms with Crippen molar-refractivity contribution in [2.24, 2.45) is 0 Å². The molecule has 1 aromatic carbocycles. The Balaban J connectivity index is 2.70. The highest BCUT2D eigenvalue weighted by atomic mass is 79.9. The van der Waals surface area contributed by atoms with Crippen LogP contribution in [0.2, 0.25) is 0 Å². The zero-order chi connectivity index (χ0) is 9.84. The Kier molecular flexibility index (Phi) is 3.75. The Bertz CT molecular complexity index is 284. The Morgan fingerprint density at radius 2 is 2.15 bits per heavy atom. The van der Waals surface area contributed by atoms with Crippen LogP contribution in [0.1, 0.15) is 18.9 Å². The van der Waals surface area contributed by atoms with E-state index in [0.29, 0.717) is 18.6 Å². The van der Waals surface area contributed by atoms with Crippen molar-refractivity contribution in [1.29, 1.82) is 0 Å². The van der Waals surface area contributed by atoms with Gasteiger partial charge in [-0.1, -0.05) is 15.9 Å². The van der Waals surface area contributed by atoms with E-state index >= 15 is 0 Å². The maximum atomic E-state index is 9.45. The molecule has 1 aromatic rings. The van der Waals surface area contributed by atoms with Gasteiger partial charge in [-0.2, -0.15) is 0 Å². The Morgan fingerprint density at radius 3 is 2.77 bits per heavy atom. The summed E-state index contributed by atoms with van der Waals surface area (Å²) in [5, 5.41) is 18.5. The number of hydrogen-bond acceptors (Lipinski definition) is 2. The lowest BCUT2D eigenvalue weighted by molar-refractivity contribution is 0.184. The number of phenols is 1. The minimum atomic E-state index is -0.321. The van der Waals surface area contributed by atoms with Crippen LogP contribution in [0, 0.1) is 0 Å². The molecule has 0 aromatic heterocycles. The number of halogens is 1. The number of benzene rings is 1. The van der Waals surface area contributed by atoms with Gasteiger partial charge in [0.1, 0.15) is 5.75 Å². The van der Waals surface area contributed by atoms with Crippen molar-refractivity contribution in [2.45, 2.75) is 25.9 Å². The van der Waals surface area contributed by atoms with E-state index in [9.17, 15) is 5.11 Å². The second-order valence-corrected chi connectivity index (χ2v) is 4.08. The van der Waals surface area contributed by atoms with Crippen LogP contribution >= 0.6 is 15.9 Å². The zero-order valence-electron chi connectivity index (χ0n) is 7.50. The van der Waals surface area contributed by atoms with Crippen LogP contribution in [-0.2, 0) is 6.42 Å². The summed E-state index contributed by atoms with van der Waals surface area (Å²) in [7, 11) is 0. The SMILES string of the molecule is CC(O)CCc1cc(Br)ccc1O. The lowest BCUT2D eigenvalue weighted by Crippen LogP contribution is -2.01.